The van der Waals surface area contributed by atoms with Gasteiger partial charge in [0.25, 0.3) is 5.91 Å². The molecule has 3 heterocycles. The van der Waals surface area contributed by atoms with Gasteiger partial charge in [0.1, 0.15) is 6.04 Å². The Balaban J connectivity index is 1.48. The molecular weight excluding hydrogens is 422 g/mol. The van der Waals surface area contributed by atoms with Gasteiger partial charge in [-0.15, -0.1) is 0 Å². The molecule has 1 aliphatic carbocycles. The highest BCUT2D eigenvalue weighted by Crippen LogP contribution is 2.45. The maximum absolute atomic E-state index is 13.6. The first-order valence-corrected chi connectivity index (χ1v) is 11.4. The second kappa shape index (κ2) is 7.75. The molecule has 5 rings (SSSR count). The maximum atomic E-state index is 13.6. The third kappa shape index (κ3) is 3.94. The largest absolute Gasteiger partial charge is 0.329 e. The molecule has 7 heteroatoms. The number of alkyl halides is 2. The number of rotatable bonds is 4. The molecule has 0 saturated heterocycles. The van der Waals surface area contributed by atoms with Gasteiger partial charge in [-0.25, -0.2) is 8.78 Å². The molecule has 1 saturated carbocycles. The van der Waals surface area contributed by atoms with Gasteiger partial charge < -0.3 is 4.90 Å². The van der Waals surface area contributed by atoms with E-state index in [4.69, 9.17) is 4.98 Å². The Hall–Kier alpha value is -3.09. The summed E-state index contributed by atoms with van der Waals surface area (Å²) in [5, 5.41) is 4.56. The van der Waals surface area contributed by atoms with E-state index in [1.165, 1.54) is 0 Å². The molecule has 2 aromatic heterocycles. The zero-order chi connectivity index (χ0) is 23.4. The Morgan fingerprint density at radius 2 is 1.79 bits per heavy atom. The van der Waals surface area contributed by atoms with Crippen molar-refractivity contribution in [2.45, 2.75) is 58.0 Å². The Kier molecular flexibility index (Phi) is 5.10. The molecule has 0 N–H and O–H groups in total. The van der Waals surface area contributed by atoms with Crippen molar-refractivity contribution in [1.82, 2.24) is 19.7 Å². The lowest BCUT2D eigenvalue weighted by Gasteiger charge is -2.37. The number of pyridine rings is 1. The quantitative estimate of drug-likeness (QED) is 0.517. The molecule has 2 aliphatic rings. The molecule has 172 valence electrons. The van der Waals surface area contributed by atoms with Crippen LogP contribution in [0.5, 0.6) is 0 Å². The number of halogens is 2. The Morgan fingerprint density at radius 1 is 1.06 bits per heavy atom. The van der Waals surface area contributed by atoms with Crippen LogP contribution in [0.15, 0.2) is 48.8 Å². The standard InChI is InChI=1S/C26H28F2N4O/c1-17-8-9-19(22(30-17)23-20-6-4-5-7-21(20)24(33)31(23)3)18-14-29-32(15-18)16-25(2)10-12-26(27,28)13-11-25/h4-9,14-15,23H,10-13,16H2,1-3H3. The monoisotopic (exact) mass is 450 g/mol. The predicted molar refractivity (Wildman–Crippen MR) is 122 cm³/mol. The summed E-state index contributed by atoms with van der Waals surface area (Å²) in [5.74, 6) is -2.55. The summed E-state index contributed by atoms with van der Waals surface area (Å²) in [7, 11) is 1.81. The van der Waals surface area contributed by atoms with E-state index in [1.54, 1.807) is 11.1 Å². The molecule has 1 aromatic carbocycles. The van der Waals surface area contributed by atoms with E-state index in [-0.39, 0.29) is 30.2 Å². The van der Waals surface area contributed by atoms with Crippen molar-refractivity contribution in [3.63, 3.8) is 0 Å². The Morgan fingerprint density at radius 3 is 2.55 bits per heavy atom. The number of carbonyl (C=O) groups excluding carboxylic acids is 1. The van der Waals surface area contributed by atoms with Gasteiger partial charge >= 0.3 is 0 Å². The molecule has 5 nitrogen and oxygen atoms in total. The van der Waals surface area contributed by atoms with Crippen LogP contribution in [-0.2, 0) is 6.54 Å². The molecule has 0 radical (unpaired) electrons. The second-order valence-corrected chi connectivity index (χ2v) is 9.88. The van der Waals surface area contributed by atoms with Crippen molar-refractivity contribution in [1.29, 1.82) is 0 Å². The molecule has 0 spiro atoms. The highest BCUT2D eigenvalue weighted by atomic mass is 19.3. The van der Waals surface area contributed by atoms with Gasteiger partial charge in [-0.2, -0.15) is 5.10 Å². The zero-order valence-corrected chi connectivity index (χ0v) is 19.2. The van der Waals surface area contributed by atoms with Gasteiger partial charge in [0.05, 0.1) is 11.9 Å². The van der Waals surface area contributed by atoms with Crippen molar-refractivity contribution < 1.29 is 13.6 Å². The van der Waals surface area contributed by atoms with Gasteiger partial charge in [0, 0.05) is 55.0 Å². The summed E-state index contributed by atoms with van der Waals surface area (Å²) >= 11 is 0. The minimum atomic E-state index is -2.54. The van der Waals surface area contributed by atoms with E-state index in [0.29, 0.717) is 24.9 Å². The number of benzene rings is 1. The highest BCUT2D eigenvalue weighted by molar-refractivity contribution is 5.99. The number of aryl methyl sites for hydroxylation is 1. The zero-order valence-electron chi connectivity index (χ0n) is 19.2. The average Bonchev–Trinajstić information content (AvgIpc) is 3.33. The number of hydrogen-bond acceptors (Lipinski definition) is 3. The lowest BCUT2D eigenvalue weighted by atomic mass is 9.74. The number of nitrogens with zero attached hydrogens (tertiary/aromatic N) is 4. The molecular formula is C26H28F2N4O. The fraction of sp³-hybridized carbons (Fsp3) is 0.423. The van der Waals surface area contributed by atoms with E-state index in [0.717, 1.165) is 28.1 Å². The summed E-state index contributed by atoms with van der Waals surface area (Å²) in [4.78, 5) is 19.4. The second-order valence-electron chi connectivity index (χ2n) is 9.88. The van der Waals surface area contributed by atoms with Crippen molar-refractivity contribution in [3.8, 4) is 11.1 Å². The van der Waals surface area contributed by atoms with Crippen LogP contribution >= 0.6 is 0 Å². The minimum absolute atomic E-state index is 0.0115. The molecule has 1 unspecified atom stereocenters. The van der Waals surface area contributed by atoms with Crippen LogP contribution in [0.4, 0.5) is 8.78 Å². The van der Waals surface area contributed by atoms with Crippen LogP contribution in [-0.4, -0.2) is 38.5 Å². The molecule has 1 amide bonds. The number of amides is 1. The predicted octanol–water partition coefficient (Wildman–Crippen LogP) is 5.64. The summed E-state index contributed by atoms with van der Waals surface area (Å²) < 4.78 is 29.1. The Bertz CT molecular complexity index is 1210. The third-order valence-corrected chi connectivity index (χ3v) is 7.19. The van der Waals surface area contributed by atoms with E-state index in [1.807, 2.05) is 61.2 Å². The minimum Gasteiger partial charge on any atom is -0.329 e. The van der Waals surface area contributed by atoms with Crippen LogP contribution in [0.25, 0.3) is 11.1 Å². The van der Waals surface area contributed by atoms with Crippen molar-refractivity contribution >= 4 is 5.91 Å². The average molecular weight is 451 g/mol. The van der Waals surface area contributed by atoms with E-state index in [2.05, 4.69) is 12.0 Å². The molecule has 3 aromatic rings. The first-order valence-electron chi connectivity index (χ1n) is 11.4. The van der Waals surface area contributed by atoms with Crippen molar-refractivity contribution in [2.24, 2.45) is 5.41 Å². The van der Waals surface area contributed by atoms with E-state index in [9.17, 15) is 13.6 Å². The highest BCUT2D eigenvalue weighted by Gasteiger charge is 2.41. The first-order chi connectivity index (χ1) is 15.7. The number of hydrogen-bond donors (Lipinski definition) is 0. The van der Waals surface area contributed by atoms with Gasteiger partial charge in [-0.3, -0.25) is 14.5 Å². The Labute approximate surface area is 192 Å². The summed E-state index contributed by atoms with van der Waals surface area (Å²) in [6.45, 7) is 4.61. The van der Waals surface area contributed by atoms with Crippen molar-refractivity contribution in [3.05, 3.63) is 71.3 Å². The number of aromatic nitrogens is 3. The fourth-order valence-corrected chi connectivity index (χ4v) is 5.16. The summed E-state index contributed by atoms with van der Waals surface area (Å²) in [6, 6.07) is 11.4. The van der Waals surface area contributed by atoms with Crippen molar-refractivity contribution in [2.75, 3.05) is 7.05 Å². The summed E-state index contributed by atoms with van der Waals surface area (Å²) in [6.07, 6.45) is 4.61. The van der Waals surface area contributed by atoms with Crippen LogP contribution in [0, 0.1) is 12.3 Å². The molecule has 1 aliphatic heterocycles. The van der Waals surface area contributed by atoms with Gasteiger partial charge in [-0.05, 0) is 42.9 Å². The van der Waals surface area contributed by atoms with E-state index < -0.39 is 5.92 Å². The maximum Gasteiger partial charge on any atom is 0.254 e. The van der Waals surface area contributed by atoms with E-state index >= 15 is 0 Å². The smallest absolute Gasteiger partial charge is 0.254 e. The molecule has 1 fully saturated rings. The molecule has 0 bridgehead atoms. The fourth-order valence-electron chi connectivity index (χ4n) is 5.16. The van der Waals surface area contributed by atoms with Crippen LogP contribution < -0.4 is 0 Å². The number of fused-ring (bicyclic) bond motifs is 1. The van der Waals surface area contributed by atoms with Crippen LogP contribution in [0.2, 0.25) is 0 Å². The van der Waals surface area contributed by atoms with Gasteiger partial charge in [-0.1, -0.05) is 31.2 Å². The van der Waals surface area contributed by atoms with Crippen LogP contribution in [0.1, 0.15) is 66.0 Å². The van der Waals surface area contributed by atoms with Gasteiger partial charge in [0.2, 0.25) is 5.92 Å². The first kappa shape index (κ1) is 21.7. The normalized spacial score (nSPS) is 21.3. The molecule has 1 atom stereocenters. The lowest BCUT2D eigenvalue weighted by Crippen LogP contribution is -2.34. The molecule has 33 heavy (non-hydrogen) atoms. The SMILES string of the molecule is Cc1ccc(-c2cnn(CC3(C)CCC(F)(F)CC3)c2)c(C2c3ccccc3C(=O)N2C)n1. The van der Waals surface area contributed by atoms with Gasteiger partial charge in [0.15, 0.2) is 0 Å². The number of carbonyl (C=O) groups is 1. The topological polar surface area (TPSA) is 51.0 Å². The summed E-state index contributed by atoms with van der Waals surface area (Å²) in [5.41, 5.74) is 4.99. The third-order valence-electron chi connectivity index (χ3n) is 7.19. The van der Waals surface area contributed by atoms with Crippen LogP contribution in [0.3, 0.4) is 0 Å². The lowest BCUT2D eigenvalue weighted by molar-refractivity contribution is -0.0671.